The standard InChI is InChI=1S/C22H18N2O7/c1-12-6-14(21(27)28)9-18(23-12)19-10-15(22(29)30)8-16(24-19)11-31-17-4-2-13(3-5-17)7-20(25)26/h2-6,8-10H,7,11H2,1H3,(H,25,26)(H,27,28)(H,29,30). The predicted molar refractivity (Wildman–Crippen MR) is 108 cm³/mol. The van der Waals surface area contributed by atoms with Crippen LogP contribution in [0, 0.1) is 6.92 Å². The maximum absolute atomic E-state index is 11.5. The molecule has 9 nitrogen and oxygen atoms in total. The van der Waals surface area contributed by atoms with Crippen LogP contribution in [0.25, 0.3) is 11.4 Å². The summed E-state index contributed by atoms with van der Waals surface area (Å²) in [6, 6.07) is 11.9. The molecule has 0 spiro atoms. The van der Waals surface area contributed by atoms with E-state index < -0.39 is 17.9 Å². The summed E-state index contributed by atoms with van der Waals surface area (Å²) in [6.07, 6.45) is -0.103. The molecule has 1 aromatic carbocycles. The van der Waals surface area contributed by atoms with Crippen molar-refractivity contribution in [3.63, 3.8) is 0 Å². The minimum absolute atomic E-state index is 0.0179. The number of aryl methyl sites for hydroxylation is 1. The number of pyridine rings is 2. The third kappa shape index (κ3) is 5.63. The maximum atomic E-state index is 11.5. The average Bonchev–Trinajstić information content (AvgIpc) is 2.72. The first-order chi connectivity index (χ1) is 14.7. The molecule has 0 bridgehead atoms. The molecule has 9 heteroatoms. The number of carboxylic acid groups (broad SMARTS) is 3. The smallest absolute Gasteiger partial charge is 0.335 e. The topological polar surface area (TPSA) is 147 Å². The van der Waals surface area contributed by atoms with Crippen LogP contribution < -0.4 is 4.74 Å². The monoisotopic (exact) mass is 422 g/mol. The molecule has 0 radical (unpaired) electrons. The van der Waals surface area contributed by atoms with Gasteiger partial charge in [-0.05, 0) is 48.9 Å². The van der Waals surface area contributed by atoms with Crippen LogP contribution >= 0.6 is 0 Å². The SMILES string of the molecule is Cc1cc(C(=O)O)cc(-c2cc(C(=O)O)cc(COc3ccc(CC(=O)O)cc3)n2)n1. The quantitative estimate of drug-likeness (QED) is 0.498. The first kappa shape index (κ1) is 21.4. The highest BCUT2D eigenvalue weighted by Gasteiger charge is 2.14. The molecule has 0 saturated heterocycles. The summed E-state index contributed by atoms with van der Waals surface area (Å²) < 4.78 is 5.65. The van der Waals surface area contributed by atoms with Crippen molar-refractivity contribution in [2.24, 2.45) is 0 Å². The molecule has 3 N–H and O–H groups in total. The zero-order chi connectivity index (χ0) is 22.5. The van der Waals surface area contributed by atoms with Crippen molar-refractivity contribution in [3.05, 3.63) is 76.6 Å². The fraction of sp³-hybridized carbons (Fsp3) is 0.136. The lowest BCUT2D eigenvalue weighted by atomic mass is 10.1. The predicted octanol–water partition coefficient (Wildman–Crippen LogP) is 3.05. The van der Waals surface area contributed by atoms with Gasteiger partial charge in [0, 0.05) is 5.69 Å². The molecule has 0 aliphatic carbocycles. The normalized spacial score (nSPS) is 10.5. The van der Waals surface area contributed by atoms with Gasteiger partial charge >= 0.3 is 17.9 Å². The number of carbonyl (C=O) groups is 3. The Balaban J connectivity index is 1.88. The lowest BCUT2D eigenvalue weighted by Crippen LogP contribution is -2.06. The van der Waals surface area contributed by atoms with Gasteiger partial charge in [-0.2, -0.15) is 0 Å². The van der Waals surface area contributed by atoms with Crippen LogP contribution in [0.5, 0.6) is 5.75 Å². The van der Waals surface area contributed by atoms with E-state index in [0.29, 0.717) is 22.7 Å². The largest absolute Gasteiger partial charge is 0.487 e. The van der Waals surface area contributed by atoms with E-state index in [1.54, 1.807) is 31.2 Å². The molecule has 3 aromatic rings. The van der Waals surface area contributed by atoms with Gasteiger partial charge in [-0.25, -0.2) is 14.6 Å². The van der Waals surface area contributed by atoms with Crippen molar-refractivity contribution in [2.75, 3.05) is 0 Å². The van der Waals surface area contributed by atoms with Crippen molar-refractivity contribution in [1.29, 1.82) is 0 Å². The number of benzene rings is 1. The van der Waals surface area contributed by atoms with Crippen LogP contribution in [0.2, 0.25) is 0 Å². The van der Waals surface area contributed by atoms with Gasteiger partial charge in [0.05, 0.1) is 34.6 Å². The zero-order valence-electron chi connectivity index (χ0n) is 16.4. The average molecular weight is 422 g/mol. The Morgan fingerprint density at radius 3 is 2.00 bits per heavy atom. The van der Waals surface area contributed by atoms with Crippen molar-refractivity contribution in [2.45, 2.75) is 20.0 Å². The van der Waals surface area contributed by atoms with E-state index in [9.17, 15) is 24.6 Å². The highest BCUT2D eigenvalue weighted by molar-refractivity contribution is 5.90. The second kappa shape index (κ2) is 9.04. The zero-order valence-corrected chi connectivity index (χ0v) is 16.4. The number of rotatable bonds is 8. The van der Waals surface area contributed by atoms with Crippen LogP contribution in [0.4, 0.5) is 0 Å². The minimum Gasteiger partial charge on any atom is -0.487 e. The molecule has 0 amide bonds. The Kier molecular flexibility index (Phi) is 6.25. The number of aliphatic carboxylic acids is 1. The first-order valence-corrected chi connectivity index (χ1v) is 9.11. The molecule has 0 unspecified atom stereocenters. The molecule has 31 heavy (non-hydrogen) atoms. The van der Waals surface area contributed by atoms with E-state index in [1.165, 1.54) is 24.3 Å². The second-order valence-corrected chi connectivity index (χ2v) is 6.73. The van der Waals surface area contributed by atoms with Gasteiger partial charge in [-0.15, -0.1) is 0 Å². The number of carboxylic acids is 3. The van der Waals surface area contributed by atoms with Gasteiger partial charge in [0.2, 0.25) is 0 Å². The molecule has 2 aromatic heterocycles. The van der Waals surface area contributed by atoms with Crippen LogP contribution in [0.1, 0.15) is 37.7 Å². The van der Waals surface area contributed by atoms with Gasteiger partial charge in [0.15, 0.2) is 0 Å². The van der Waals surface area contributed by atoms with Gasteiger partial charge in [0.1, 0.15) is 12.4 Å². The highest BCUT2D eigenvalue weighted by Crippen LogP contribution is 2.21. The molecular formula is C22H18N2O7. The number of nitrogens with zero attached hydrogens (tertiary/aromatic N) is 2. The Morgan fingerprint density at radius 1 is 0.839 bits per heavy atom. The Hall–Kier alpha value is -4.27. The number of hydrogen-bond donors (Lipinski definition) is 3. The van der Waals surface area contributed by atoms with E-state index in [4.69, 9.17) is 9.84 Å². The summed E-state index contributed by atoms with van der Waals surface area (Å²) in [5.41, 5.74) is 1.81. The number of hydrogen-bond acceptors (Lipinski definition) is 6. The number of aromatic nitrogens is 2. The summed E-state index contributed by atoms with van der Waals surface area (Å²) >= 11 is 0. The fourth-order valence-electron chi connectivity index (χ4n) is 2.88. The van der Waals surface area contributed by atoms with Gasteiger partial charge in [-0.3, -0.25) is 9.78 Å². The molecule has 2 heterocycles. The molecule has 3 rings (SSSR count). The first-order valence-electron chi connectivity index (χ1n) is 9.11. The fourth-order valence-corrected chi connectivity index (χ4v) is 2.88. The second-order valence-electron chi connectivity index (χ2n) is 6.73. The summed E-state index contributed by atoms with van der Waals surface area (Å²) in [7, 11) is 0. The van der Waals surface area contributed by atoms with Gasteiger partial charge < -0.3 is 20.1 Å². The Labute approximate surface area is 176 Å². The number of aromatic carboxylic acids is 2. The Morgan fingerprint density at radius 2 is 1.42 bits per heavy atom. The molecule has 158 valence electrons. The molecule has 0 saturated carbocycles. The lowest BCUT2D eigenvalue weighted by Gasteiger charge is -2.10. The molecule has 0 aliphatic heterocycles. The van der Waals surface area contributed by atoms with E-state index in [2.05, 4.69) is 9.97 Å². The van der Waals surface area contributed by atoms with E-state index in [-0.39, 0.29) is 35.5 Å². The summed E-state index contributed by atoms with van der Waals surface area (Å²) in [6.45, 7) is 1.58. The van der Waals surface area contributed by atoms with Crippen molar-refractivity contribution >= 4 is 17.9 Å². The molecular weight excluding hydrogens is 404 g/mol. The summed E-state index contributed by atoms with van der Waals surface area (Å²) in [4.78, 5) is 42.3. The maximum Gasteiger partial charge on any atom is 0.335 e. The van der Waals surface area contributed by atoms with E-state index in [1.807, 2.05) is 0 Å². The van der Waals surface area contributed by atoms with E-state index in [0.717, 1.165) is 0 Å². The van der Waals surface area contributed by atoms with Crippen LogP contribution in [-0.2, 0) is 17.8 Å². The third-order valence-corrected chi connectivity index (χ3v) is 4.25. The van der Waals surface area contributed by atoms with Crippen LogP contribution in [0.3, 0.4) is 0 Å². The van der Waals surface area contributed by atoms with Gasteiger partial charge in [0.25, 0.3) is 0 Å². The van der Waals surface area contributed by atoms with Gasteiger partial charge in [-0.1, -0.05) is 12.1 Å². The summed E-state index contributed by atoms with van der Waals surface area (Å²) in [5.74, 6) is -2.78. The molecule has 0 aliphatic rings. The van der Waals surface area contributed by atoms with E-state index >= 15 is 0 Å². The van der Waals surface area contributed by atoms with Crippen molar-refractivity contribution in [3.8, 4) is 17.1 Å². The van der Waals surface area contributed by atoms with Crippen molar-refractivity contribution in [1.82, 2.24) is 9.97 Å². The third-order valence-electron chi connectivity index (χ3n) is 4.25. The Bertz CT molecular complexity index is 1160. The summed E-state index contributed by atoms with van der Waals surface area (Å²) in [5, 5.41) is 27.5. The van der Waals surface area contributed by atoms with Crippen LogP contribution in [-0.4, -0.2) is 43.2 Å². The highest BCUT2D eigenvalue weighted by atomic mass is 16.5. The number of ether oxygens (including phenoxy) is 1. The lowest BCUT2D eigenvalue weighted by molar-refractivity contribution is -0.136. The van der Waals surface area contributed by atoms with Crippen molar-refractivity contribution < 1.29 is 34.4 Å². The molecule has 0 atom stereocenters. The van der Waals surface area contributed by atoms with Crippen LogP contribution in [0.15, 0.2) is 48.5 Å². The molecule has 0 fully saturated rings. The minimum atomic E-state index is -1.17.